The highest BCUT2D eigenvalue weighted by atomic mass is 16.2. The minimum Gasteiger partial charge on any atom is -0.356 e. The van der Waals surface area contributed by atoms with Crippen LogP contribution in [0.2, 0.25) is 0 Å². The monoisotopic (exact) mass is 589 g/mol. The summed E-state index contributed by atoms with van der Waals surface area (Å²) in [6.07, 6.45) is 2.09. The molecular formula is C36H39N5O3. The zero-order valence-electron chi connectivity index (χ0n) is 25.9. The van der Waals surface area contributed by atoms with Crippen molar-refractivity contribution in [2.45, 2.75) is 83.1 Å². The van der Waals surface area contributed by atoms with Gasteiger partial charge in [0.2, 0.25) is 0 Å². The Kier molecular flexibility index (Phi) is 6.48. The molecule has 7 rings (SSSR count). The number of amides is 4. The number of hydrogen-bond donors (Lipinski definition) is 3. The van der Waals surface area contributed by atoms with Gasteiger partial charge in [-0.25, -0.2) is 9.69 Å². The molecule has 8 nitrogen and oxygen atoms in total. The van der Waals surface area contributed by atoms with Crippen LogP contribution in [0.4, 0.5) is 10.5 Å². The number of rotatable bonds is 4. The van der Waals surface area contributed by atoms with E-state index in [2.05, 4.69) is 49.4 Å². The summed E-state index contributed by atoms with van der Waals surface area (Å²) in [4.78, 5) is 48.0. The fourth-order valence-corrected chi connectivity index (χ4v) is 7.86. The van der Waals surface area contributed by atoms with Crippen molar-refractivity contribution >= 4 is 34.4 Å². The second-order valence-electron chi connectivity index (χ2n) is 14.0. The molecule has 2 atom stereocenters. The van der Waals surface area contributed by atoms with Crippen LogP contribution >= 0.6 is 0 Å². The van der Waals surface area contributed by atoms with Crippen LogP contribution in [0.5, 0.6) is 0 Å². The fourth-order valence-electron chi connectivity index (χ4n) is 7.86. The molecule has 8 heteroatoms. The Labute approximate surface area is 257 Å². The molecule has 4 aromatic rings. The molecule has 0 aliphatic carbocycles. The van der Waals surface area contributed by atoms with Gasteiger partial charge in [-0.1, -0.05) is 48.0 Å². The number of carbonyl (C=O) groups excluding carboxylic acids is 3. The van der Waals surface area contributed by atoms with Crippen molar-refractivity contribution in [3.63, 3.8) is 0 Å². The summed E-state index contributed by atoms with van der Waals surface area (Å²) >= 11 is 0. The van der Waals surface area contributed by atoms with E-state index in [0.29, 0.717) is 17.7 Å². The summed E-state index contributed by atoms with van der Waals surface area (Å²) in [7, 11) is 0. The van der Waals surface area contributed by atoms with E-state index in [-0.39, 0.29) is 35.0 Å². The van der Waals surface area contributed by atoms with Crippen molar-refractivity contribution in [3.8, 4) is 0 Å². The Morgan fingerprint density at radius 2 is 1.55 bits per heavy atom. The molecule has 2 saturated heterocycles. The van der Waals surface area contributed by atoms with E-state index in [0.717, 1.165) is 46.1 Å². The van der Waals surface area contributed by atoms with Crippen molar-refractivity contribution in [1.29, 1.82) is 0 Å². The van der Waals surface area contributed by atoms with E-state index in [9.17, 15) is 14.4 Å². The summed E-state index contributed by atoms with van der Waals surface area (Å²) in [5.41, 5.74) is 5.89. The average molecular weight is 590 g/mol. The third-order valence-electron chi connectivity index (χ3n) is 9.36. The highest BCUT2D eigenvalue weighted by molar-refractivity contribution is 6.22. The van der Waals surface area contributed by atoms with Crippen LogP contribution in [-0.4, -0.2) is 50.9 Å². The van der Waals surface area contributed by atoms with Gasteiger partial charge in [-0.2, -0.15) is 0 Å². The molecule has 3 aliphatic heterocycles. The topological polar surface area (TPSA) is 97.5 Å². The molecule has 0 bridgehead atoms. The molecule has 1 unspecified atom stereocenters. The van der Waals surface area contributed by atoms with Gasteiger partial charge in [0.15, 0.2) is 0 Å². The molecule has 0 radical (unpaired) electrons. The Morgan fingerprint density at radius 3 is 2.23 bits per heavy atom. The van der Waals surface area contributed by atoms with Gasteiger partial charge in [0.25, 0.3) is 11.8 Å². The van der Waals surface area contributed by atoms with Crippen LogP contribution in [0.3, 0.4) is 0 Å². The van der Waals surface area contributed by atoms with Crippen LogP contribution in [0.25, 0.3) is 10.9 Å². The Morgan fingerprint density at radius 1 is 0.886 bits per heavy atom. The van der Waals surface area contributed by atoms with Gasteiger partial charge >= 0.3 is 6.03 Å². The summed E-state index contributed by atoms with van der Waals surface area (Å²) in [6, 6.07) is 21.7. The van der Waals surface area contributed by atoms with E-state index in [1.165, 1.54) is 4.90 Å². The van der Waals surface area contributed by atoms with Crippen molar-refractivity contribution < 1.29 is 14.4 Å². The number of hydrogen-bond acceptors (Lipinski definition) is 4. The molecule has 3 aliphatic rings. The maximum atomic E-state index is 14.2. The number of piperidine rings is 1. The smallest absolute Gasteiger partial charge is 0.332 e. The zero-order chi connectivity index (χ0) is 31.0. The molecule has 44 heavy (non-hydrogen) atoms. The highest BCUT2D eigenvalue weighted by Crippen LogP contribution is 2.45. The van der Waals surface area contributed by atoms with Crippen LogP contribution in [0, 0.1) is 6.92 Å². The number of aromatic amines is 1. The Hall–Kier alpha value is -4.43. The normalized spacial score (nSPS) is 22.7. The molecule has 2 fully saturated rings. The second-order valence-corrected chi connectivity index (χ2v) is 14.0. The molecule has 4 amide bonds. The molecule has 0 spiro atoms. The van der Waals surface area contributed by atoms with Crippen LogP contribution in [0.15, 0.2) is 72.8 Å². The first kappa shape index (κ1) is 28.3. The Balaban J connectivity index is 1.18. The van der Waals surface area contributed by atoms with E-state index < -0.39 is 12.1 Å². The second kappa shape index (κ2) is 10.1. The third kappa shape index (κ3) is 4.78. The molecular weight excluding hydrogens is 550 g/mol. The lowest BCUT2D eigenvalue weighted by Gasteiger charge is -2.46. The first-order valence-electron chi connectivity index (χ1n) is 15.4. The number of nitrogens with zero attached hydrogens (tertiary/aromatic N) is 2. The lowest BCUT2D eigenvalue weighted by Crippen LogP contribution is -2.62. The number of urea groups is 1. The SMILES string of the molecule is Cc1ccc(C2c3[nH]c4ccccc4c3C[C@H]3C(=O)N(c4ccc(C(=O)NC5CC(C)(C)NC(C)(C)C5)cc4)C(=O)N23)cc1. The maximum absolute atomic E-state index is 14.2. The van der Waals surface area contributed by atoms with Gasteiger partial charge in [0, 0.05) is 45.7 Å². The van der Waals surface area contributed by atoms with Crippen LogP contribution in [0.1, 0.15) is 79.3 Å². The van der Waals surface area contributed by atoms with Crippen LogP contribution in [-0.2, 0) is 11.2 Å². The van der Waals surface area contributed by atoms with E-state index in [4.69, 9.17) is 0 Å². The zero-order valence-corrected chi connectivity index (χ0v) is 25.9. The number of para-hydroxylation sites is 1. The Bertz CT molecular complexity index is 1770. The van der Waals surface area contributed by atoms with E-state index in [1.54, 1.807) is 29.2 Å². The number of aryl methyl sites for hydroxylation is 1. The standard InChI is InChI=1S/C36H39N5O3/c1-21-10-12-22(13-11-21)31-30-27(26-8-6-7-9-28(26)38-30)18-29-33(43)40(34(44)41(29)31)25-16-14-23(15-17-25)32(42)37-24-19-35(2,3)39-36(4,5)20-24/h6-17,24,29,31,38-39H,18-20H2,1-5H3,(H,37,42)/t29-,31?/m0/s1. The molecule has 1 aromatic heterocycles. The first-order chi connectivity index (χ1) is 20.9. The van der Waals surface area contributed by atoms with Crippen molar-refractivity contribution in [2.24, 2.45) is 0 Å². The maximum Gasteiger partial charge on any atom is 0.332 e. The number of anilines is 1. The number of H-pyrrole nitrogens is 1. The van der Waals surface area contributed by atoms with Gasteiger partial charge in [0.05, 0.1) is 5.69 Å². The van der Waals surface area contributed by atoms with Crippen molar-refractivity contribution in [3.05, 3.63) is 101 Å². The van der Waals surface area contributed by atoms with Crippen molar-refractivity contribution in [2.75, 3.05) is 4.90 Å². The van der Waals surface area contributed by atoms with Gasteiger partial charge in [0.1, 0.15) is 12.1 Å². The minimum absolute atomic E-state index is 0.0398. The number of fused-ring (bicyclic) bond motifs is 4. The molecule has 0 saturated carbocycles. The van der Waals surface area contributed by atoms with Crippen molar-refractivity contribution in [1.82, 2.24) is 20.5 Å². The summed E-state index contributed by atoms with van der Waals surface area (Å²) in [6.45, 7) is 10.7. The largest absolute Gasteiger partial charge is 0.356 e. The number of nitrogens with one attached hydrogen (secondary N) is 3. The number of imide groups is 1. The lowest BCUT2D eigenvalue weighted by molar-refractivity contribution is -0.120. The molecule has 3 N–H and O–H groups in total. The predicted molar refractivity (Wildman–Crippen MR) is 172 cm³/mol. The number of aromatic nitrogens is 1. The van der Waals surface area contributed by atoms with Gasteiger partial charge < -0.3 is 15.6 Å². The molecule has 4 heterocycles. The van der Waals surface area contributed by atoms with Gasteiger partial charge in [-0.3, -0.25) is 14.5 Å². The fraction of sp³-hybridized carbons (Fsp3) is 0.361. The van der Waals surface area contributed by atoms with Gasteiger partial charge in [-0.15, -0.1) is 0 Å². The lowest BCUT2D eigenvalue weighted by atomic mass is 9.79. The average Bonchev–Trinajstić information content (AvgIpc) is 3.45. The summed E-state index contributed by atoms with van der Waals surface area (Å²) in [5.74, 6) is -0.407. The number of carbonyl (C=O) groups is 3. The number of benzene rings is 3. The summed E-state index contributed by atoms with van der Waals surface area (Å²) < 4.78 is 0. The van der Waals surface area contributed by atoms with E-state index >= 15 is 0 Å². The quantitative estimate of drug-likeness (QED) is 0.255. The van der Waals surface area contributed by atoms with Gasteiger partial charge in [-0.05, 0) is 88.9 Å². The van der Waals surface area contributed by atoms with E-state index in [1.807, 2.05) is 49.4 Å². The summed E-state index contributed by atoms with van der Waals surface area (Å²) in [5, 5.41) is 7.93. The predicted octanol–water partition coefficient (Wildman–Crippen LogP) is 6.00. The van der Waals surface area contributed by atoms with Crippen LogP contribution < -0.4 is 15.5 Å². The molecule has 3 aromatic carbocycles. The minimum atomic E-state index is -0.630. The first-order valence-corrected chi connectivity index (χ1v) is 15.4. The highest BCUT2D eigenvalue weighted by Gasteiger charge is 2.53. The third-order valence-corrected chi connectivity index (χ3v) is 9.36. The molecule has 226 valence electrons.